The van der Waals surface area contributed by atoms with Gasteiger partial charge in [-0.3, -0.25) is 19.3 Å². The Morgan fingerprint density at radius 3 is 2.33 bits per heavy atom. The zero-order valence-corrected chi connectivity index (χ0v) is 18.7. The Kier molecular flexibility index (Phi) is 5.76. The minimum absolute atomic E-state index is 0.0222. The molecule has 1 aromatic heterocycles. The van der Waals surface area contributed by atoms with Gasteiger partial charge in [0, 0.05) is 20.8 Å². The summed E-state index contributed by atoms with van der Waals surface area (Å²) in [5.41, 5.74) is 2.66. The number of hydrogen-bond donors (Lipinski definition) is 1. The molecule has 1 N–H and O–H groups in total. The summed E-state index contributed by atoms with van der Waals surface area (Å²) in [7, 11) is 0. The normalized spacial score (nSPS) is 16.9. The number of Topliss-reactive ketones (excluding diaryl/α,β-unsaturated/α-hetero) is 1. The lowest BCUT2D eigenvalue weighted by Gasteiger charge is -2.22. The molecule has 2 unspecified atom stereocenters. The van der Waals surface area contributed by atoms with E-state index in [9.17, 15) is 24.7 Å². The number of hydrogen-bond acceptors (Lipinski definition) is 5. The predicted molar refractivity (Wildman–Crippen MR) is 119 cm³/mol. The van der Waals surface area contributed by atoms with E-state index in [2.05, 4.69) is 0 Å². The number of benzene rings is 2. The highest BCUT2D eigenvalue weighted by Gasteiger charge is 2.50. The number of aromatic hydroxyl groups is 1. The van der Waals surface area contributed by atoms with Crippen molar-refractivity contribution in [2.24, 2.45) is 5.92 Å². The van der Waals surface area contributed by atoms with Crippen LogP contribution in [0, 0.1) is 25.0 Å². The molecule has 1 saturated heterocycles. The first kappa shape index (κ1) is 22.3. The molecule has 2 atom stereocenters. The Morgan fingerprint density at radius 1 is 1.12 bits per heavy atom. The first-order valence-corrected chi connectivity index (χ1v) is 10.7. The molecule has 0 spiro atoms. The van der Waals surface area contributed by atoms with E-state index in [-0.39, 0.29) is 18.1 Å². The van der Waals surface area contributed by atoms with Crippen LogP contribution in [-0.4, -0.2) is 38.7 Å². The van der Waals surface area contributed by atoms with Crippen LogP contribution in [0.25, 0.3) is 0 Å². The molecular formula is C25H25N3O5. The number of likely N-dealkylation sites (tertiary alicyclic amines) is 1. The van der Waals surface area contributed by atoms with Crippen LogP contribution in [0.3, 0.4) is 0 Å². The van der Waals surface area contributed by atoms with Crippen LogP contribution in [0.4, 0.5) is 0 Å². The van der Waals surface area contributed by atoms with Gasteiger partial charge in [0.25, 0.3) is 5.82 Å². The summed E-state index contributed by atoms with van der Waals surface area (Å²) < 4.78 is 2.60. The molecule has 0 radical (unpaired) electrons. The third-order valence-electron chi connectivity index (χ3n) is 6.34. The lowest BCUT2D eigenvalue weighted by Crippen LogP contribution is -2.41. The number of carbonyl (C=O) groups excluding carboxylic acids is 3. The molecule has 1 aliphatic heterocycles. The van der Waals surface area contributed by atoms with Crippen LogP contribution in [0.1, 0.15) is 41.2 Å². The van der Waals surface area contributed by atoms with Crippen molar-refractivity contribution in [1.29, 1.82) is 0 Å². The molecule has 0 bridgehead atoms. The standard InChI is InChI=1S/C25H25N3O5/c1-15-16(2)28(33)24(26(15)13-18-7-5-4-6-8-18)22(19-9-11-20(30)12-10-19)23-21(31)14-27(17(3)29)25(23)32/h4-12,22-23,30H,13-14H2,1-3H3. The highest BCUT2D eigenvalue weighted by Crippen LogP contribution is 2.37. The molecule has 8 nitrogen and oxygen atoms in total. The van der Waals surface area contributed by atoms with Crippen molar-refractivity contribution in [1.82, 2.24) is 9.47 Å². The number of imide groups is 1. The largest absolute Gasteiger partial charge is 0.711 e. The molecule has 2 aromatic carbocycles. The maximum atomic E-state index is 13.4. The lowest BCUT2D eigenvalue weighted by atomic mass is 9.83. The van der Waals surface area contributed by atoms with E-state index >= 15 is 0 Å². The van der Waals surface area contributed by atoms with E-state index in [1.54, 1.807) is 19.1 Å². The van der Waals surface area contributed by atoms with E-state index in [0.717, 1.165) is 15.2 Å². The summed E-state index contributed by atoms with van der Waals surface area (Å²) in [6, 6.07) is 15.7. The summed E-state index contributed by atoms with van der Waals surface area (Å²) in [6.45, 7) is 4.82. The minimum atomic E-state index is -1.22. The van der Waals surface area contributed by atoms with Crippen LogP contribution in [0.15, 0.2) is 54.6 Å². The fraction of sp³-hybridized carbons (Fsp3) is 0.280. The van der Waals surface area contributed by atoms with Gasteiger partial charge in [0.15, 0.2) is 5.78 Å². The van der Waals surface area contributed by atoms with Crippen molar-refractivity contribution >= 4 is 17.6 Å². The number of ketones is 1. The van der Waals surface area contributed by atoms with Gasteiger partial charge in [-0.1, -0.05) is 42.5 Å². The van der Waals surface area contributed by atoms with Gasteiger partial charge in [0.05, 0.1) is 6.54 Å². The summed E-state index contributed by atoms with van der Waals surface area (Å²) in [4.78, 5) is 39.1. The fourth-order valence-electron chi connectivity index (χ4n) is 4.46. The summed E-state index contributed by atoms with van der Waals surface area (Å²) in [5.74, 6) is -3.43. The average Bonchev–Trinajstić information content (AvgIpc) is 3.20. The number of phenols is 1. The fourth-order valence-corrected chi connectivity index (χ4v) is 4.46. The van der Waals surface area contributed by atoms with Gasteiger partial charge in [-0.15, -0.1) is 0 Å². The third-order valence-corrected chi connectivity index (χ3v) is 6.34. The average molecular weight is 447 g/mol. The molecule has 0 saturated carbocycles. The van der Waals surface area contributed by atoms with Gasteiger partial charge in [0.1, 0.15) is 35.5 Å². The van der Waals surface area contributed by atoms with Crippen LogP contribution in [-0.2, 0) is 20.9 Å². The molecular weight excluding hydrogens is 422 g/mol. The van der Waals surface area contributed by atoms with Gasteiger partial charge in [-0.05, 0) is 23.3 Å². The van der Waals surface area contributed by atoms with Crippen LogP contribution < -0.4 is 4.73 Å². The summed E-state index contributed by atoms with van der Waals surface area (Å²) in [6.07, 6.45) is 0. The predicted octanol–water partition coefficient (Wildman–Crippen LogP) is 2.20. The van der Waals surface area contributed by atoms with E-state index in [4.69, 9.17) is 0 Å². The van der Waals surface area contributed by atoms with Gasteiger partial charge >= 0.3 is 0 Å². The van der Waals surface area contributed by atoms with Gasteiger partial charge in [-0.2, -0.15) is 0 Å². The number of amides is 2. The second-order valence-corrected chi connectivity index (χ2v) is 8.35. The van der Waals surface area contributed by atoms with Crippen molar-refractivity contribution in [3.63, 3.8) is 0 Å². The highest BCUT2D eigenvalue weighted by atomic mass is 16.5. The van der Waals surface area contributed by atoms with Crippen molar-refractivity contribution in [3.8, 4) is 5.75 Å². The topological polar surface area (TPSA) is 107 Å². The smallest absolute Gasteiger partial charge is 0.269 e. The Hall–Kier alpha value is -3.94. The van der Waals surface area contributed by atoms with E-state index in [1.807, 2.05) is 41.8 Å². The maximum absolute atomic E-state index is 13.4. The van der Waals surface area contributed by atoms with Crippen molar-refractivity contribution in [3.05, 3.63) is 88.1 Å². The molecule has 1 fully saturated rings. The Morgan fingerprint density at radius 2 is 1.76 bits per heavy atom. The highest BCUT2D eigenvalue weighted by molar-refractivity contribution is 6.15. The number of carbonyl (C=O) groups is 3. The molecule has 0 aliphatic carbocycles. The van der Waals surface area contributed by atoms with Gasteiger partial charge in [0.2, 0.25) is 11.8 Å². The first-order chi connectivity index (χ1) is 15.7. The molecule has 2 amide bonds. The second-order valence-electron chi connectivity index (χ2n) is 8.35. The number of imidazole rings is 1. The van der Waals surface area contributed by atoms with Crippen LogP contribution >= 0.6 is 0 Å². The second kappa shape index (κ2) is 8.54. The SMILES string of the molecule is CC(=O)N1CC(=O)C(C(c2ccc(O)cc2)c2n(Cc3ccccc3)c(C)c(C)[n+]2[O-])C1=O. The van der Waals surface area contributed by atoms with Gasteiger partial charge in [-0.25, -0.2) is 9.30 Å². The van der Waals surface area contributed by atoms with E-state index < -0.39 is 29.4 Å². The Labute approximate surface area is 191 Å². The number of rotatable bonds is 5. The monoisotopic (exact) mass is 447 g/mol. The molecule has 2 heterocycles. The van der Waals surface area contributed by atoms with Gasteiger partial charge < -0.3 is 10.3 Å². The van der Waals surface area contributed by atoms with Crippen LogP contribution in [0.2, 0.25) is 0 Å². The van der Waals surface area contributed by atoms with E-state index in [1.165, 1.54) is 19.1 Å². The molecule has 170 valence electrons. The van der Waals surface area contributed by atoms with Crippen molar-refractivity contribution < 1.29 is 24.2 Å². The summed E-state index contributed by atoms with van der Waals surface area (Å²) >= 11 is 0. The Balaban J connectivity index is 1.93. The third kappa shape index (κ3) is 3.88. The maximum Gasteiger partial charge on any atom is 0.269 e. The van der Waals surface area contributed by atoms with Crippen molar-refractivity contribution in [2.75, 3.05) is 6.54 Å². The number of nitrogens with zero attached hydrogens (tertiary/aromatic N) is 3. The van der Waals surface area contributed by atoms with E-state index in [0.29, 0.717) is 23.5 Å². The first-order valence-electron chi connectivity index (χ1n) is 10.7. The zero-order chi connectivity index (χ0) is 23.9. The lowest BCUT2D eigenvalue weighted by molar-refractivity contribution is -0.621. The number of aromatic nitrogens is 2. The molecule has 3 aromatic rings. The van der Waals surface area contributed by atoms with Crippen molar-refractivity contribution in [2.45, 2.75) is 33.2 Å². The zero-order valence-electron chi connectivity index (χ0n) is 18.7. The summed E-state index contributed by atoms with van der Waals surface area (Å²) in [5, 5.41) is 23.2. The molecule has 1 aliphatic rings. The Bertz CT molecular complexity index is 1230. The molecule has 8 heteroatoms. The molecule has 33 heavy (non-hydrogen) atoms. The number of phenolic OH excluding ortho intramolecular Hbond substituents is 1. The van der Waals surface area contributed by atoms with Crippen LogP contribution in [0.5, 0.6) is 5.75 Å². The molecule has 4 rings (SSSR count). The minimum Gasteiger partial charge on any atom is -0.711 e. The quantitative estimate of drug-likeness (QED) is 0.367.